The Kier molecular flexibility index (Phi) is 7.31. The van der Waals surface area contributed by atoms with E-state index in [-0.39, 0.29) is 24.4 Å². The lowest BCUT2D eigenvalue weighted by molar-refractivity contribution is -0.126. The summed E-state index contributed by atoms with van der Waals surface area (Å²) in [5, 5.41) is 8.37. The van der Waals surface area contributed by atoms with Gasteiger partial charge < -0.3 is 25.4 Å². The first-order valence-corrected chi connectivity index (χ1v) is 6.06. The molecule has 3 N–H and O–H groups in total. The summed E-state index contributed by atoms with van der Waals surface area (Å²) in [4.78, 5) is 22.8. The van der Waals surface area contributed by atoms with Crippen molar-refractivity contribution < 1.29 is 19.1 Å². The summed E-state index contributed by atoms with van der Waals surface area (Å²) in [6, 6.07) is 0.0373. The molecule has 7 nitrogen and oxygen atoms in total. The molecule has 0 radical (unpaired) electrons. The average Bonchev–Trinajstić information content (AvgIpc) is 2.38. The van der Waals surface area contributed by atoms with Crippen molar-refractivity contribution in [2.24, 2.45) is 0 Å². The van der Waals surface area contributed by atoms with Gasteiger partial charge in [-0.15, -0.1) is 0 Å². The van der Waals surface area contributed by atoms with E-state index in [4.69, 9.17) is 9.47 Å². The van der Waals surface area contributed by atoms with Gasteiger partial charge in [-0.05, 0) is 0 Å². The molecule has 0 aromatic rings. The fraction of sp³-hybridized carbons (Fsp3) is 0.818. The second-order valence-corrected chi connectivity index (χ2v) is 4.05. The Morgan fingerprint density at radius 3 is 2.89 bits per heavy atom. The fourth-order valence-electron chi connectivity index (χ4n) is 1.58. The van der Waals surface area contributed by atoms with E-state index in [1.54, 1.807) is 7.11 Å². The number of hydrogen-bond donors (Lipinski definition) is 3. The fourth-order valence-corrected chi connectivity index (χ4v) is 1.58. The molecule has 104 valence electrons. The number of carbonyl (C=O) groups excluding carboxylic acids is 2. The molecule has 0 aromatic heterocycles. The molecule has 1 aliphatic heterocycles. The number of methoxy groups -OCH3 is 1. The highest BCUT2D eigenvalue weighted by atomic mass is 16.5. The van der Waals surface area contributed by atoms with E-state index in [0.717, 1.165) is 6.54 Å². The summed E-state index contributed by atoms with van der Waals surface area (Å²) >= 11 is 0. The average molecular weight is 259 g/mol. The maximum atomic E-state index is 11.5. The molecule has 7 heteroatoms. The summed E-state index contributed by atoms with van der Waals surface area (Å²) in [7, 11) is 1.56. The number of amides is 2. The van der Waals surface area contributed by atoms with Crippen LogP contribution in [0.3, 0.4) is 0 Å². The summed E-state index contributed by atoms with van der Waals surface area (Å²) in [5.41, 5.74) is 0. The molecule has 1 heterocycles. The van der Waals surface area contributed by atoms with Crippen LogP contribution in [0.15, 0.2) is 0 Å². The van der Waals surface area contributed by atoms with Crippen LogP contribution < -0.4 is 16.0 Å². The first-order valence-electron chi connectivity index (χ1n) is 6.06. The van der Waals surface area contributed by atoms with Crippen LogP contribution >= 0.6 is 0 Å². The maximum Gasteiger partial charge on any atom is 0.239 e. The van der Waals surface area contributed by atoms with Gasteiger partial charge in [0.1, 0.15) is 0 Å². The summed E-state index contributed by atoms with van der Waals surface area (Å²) < 4.78 is 10.0. The Morgan fingerprint density at radius 2 is 2.22 bits per heavy atom. The van der Waals surface area contributed by atoms with Crippen molar-refractivity contribution in [2.45, 2.75) is 12.5 Å². The van der Waals surface area contributed by atoms with Crippen molar-refractivity contribution in [3.8, 4) is 0 Å². The lowest BCUT2D eigenvalue weighted by Crippen LogP contribution is -2.45. The van der Waals surface area contributed by atoms with E-state index in [9.17, 15) is 9.59 Å². The van der Waals surface area contributed by atoms with Crippen molar-refractivity contribution in [3.63, 3.8) is 0 Å². The Hall–Kier alpha value is -1.18. The highest BCUT2D eigenvalue weighted by molar-refractivity contribution is 5.84. The van der Waals surface area contributed by atoms with Gasteiger partial charge in [0.2, 0.25) is 11.8 Å². The highest BCUT2D eigenvalue weighted by Gasteiger charge is 2.16. The molecule has 1 fully saturated rings. The number of hydrogen-bond acceptors (Lipinski definition) is 5. The first kappa shape index (κ1) is 14.9. The quantitative estimate of drug-likeness (QED) is 0.472. The monoisotopic (exact) mass is 259 g/mol. The molecule has 1 unspecified atom stereocenters. The highest BCUT2D eigenvalue weighted by Crippen LogP contribution is 1.97. The molecular weight excluding hydrogens is 238 g/mol. The van der Waals surface area contributed by atoms with Crippen molar-refractivity contribution in [3.05, 3.63) is 0 Å². The van der Waals surface area contributed by atoms with Gasteiger partial charge in [0, 0.05) is 32.7 Å². The molecule has 0 bridgehead atoms. The normalized spacial score (nSPS) is 19.3. The van der Waals surface area contributed by atoms with Gasteiger partial charge in [0.25, 0.3) is 0 Å². The Labute approximate surface area is 107 Å². The number of morpholine rings is 1. The third-order valence-corrected chi connectivity index (χ3v) is 2.50. The van der Waals surface area contributed by atoms with Crippen molar-refractivity contribution >= 4 is 11.8 Å². The van der Waals surface area contributed by atoms with E-state index in [1.165, 1.54) is 0 Å². The lowest BCUT2D eigenvalue weighted by atomic mass is 10.2. The minimum atomic E-state index is -0.215. The second kappa shape index (κ2) is 8.84. The molecule has 2 amide bonds. The summed E-state index contributed by atoms with van der Waals surface area (Å²) in [5.74, 6) is -0.367. The molecule has 1 aliphatic rings. The molecule has 0 aliphatic carbocycles. The van der Waals surface area contributed by atoms with Crippen LogP contribution in [0.1, 0.15) is 6.42 Å². The largest absolute Gasteiger partial charge is 0.383 e. The van der Waals surface area contributed by atoms with Gasteiger partial charge in [-0.3, -0.25) is 9.59 Å². The standard InChI is InChI=1S/C11H21N3O4/c1-17-4-2-13-11(16)7-14-10(15)6-9-8-18-5-3-12-9/h9,12H,2-8H2,1H3,(H,13,16)(H,14,15). The van der Waals surface area contributed by atoms with E-state index in [1.807, 2.05) is 0 Å². The Balaban J connectivity index is 2.06. The Morgan fingerprint density at radius 1 is 1.39 bits per heavy atom. The SMILES string of the molecule is COCCNC(=O)CNC(=O)CC1COCCN1. The zero-order chi connectivity index (χ0) is 13.2. The van der Waals surface area contributed by atoms with E-state index in [2.05, 4.69) is 16.0 Å². The molecule has 18 heavy (non-hydrogen) atoms. The van der Waals surface area contributed by atoms with Gasteiger partial charge in [0.05, 0.1) is 26.4 Å². The molecule has 1 saturated heterocycles. The van der Waals surface area contributed by atoms with Gasteiger partial charge in [-0.2, -0.15) is 0 Å². The van der Waals surface area contributed by atoms with Crippen LogP contribution in [0.2, 0.25) is 0 Å². The van der Waals surface area contributed by atoms with Crippen molar-refractivity contribution in [1.82, 2.24) is 16.0 Å². The van der Waals surface area contributed by atoms with Crippen molar-refractivity contribution in [2.75, 3.05) is 46.6 Å². The number of ether oxygens (including phenoxy) is 2. The van der Waals surface area contributed by atoms with Crippen LogP contribution in [-0.2, 0) is 19.1 Å². The minimum absolute atomic E-state index is 0.00384. The molecular formula is C11H21N3O4. The van der Waals surface area contributed by atoms with E-state index >= 15 is 0 Å². The zero-order valence-electron chi connectivity index (χ0n) is 10.7. The molecule has 1 atom stereocenters. The van der Waals surface area contributed by atoms with E-state index < -0.39 is 0 Å². The molecule has 0 aromatic carbocycles. The van der Waals surface area contributed by atoms with Crippen LogP contribution in [-0.4, -0.2) is 64.4 Å². The molecule has 1 rings (SSSR count). The number of nitrogens with one attached hydrogen (secondary N) is 3. The Bertz CT molecular complexity index is 267. The van der Waals surface area contributed by atoms with Crippen LogP contribution in [0.25, 0.3) is 0 Å². The smallest absolute Gasteiger partial charge is 0.239 e. The third-order valence-electron chi connectivity index (χ3n) is 2.50. The van der Waals surface area contributed by atoms with Crippen LogP contribution in [0, 0.1) is 0 Å². The molecule has 0 saturated carbocycles. The number of carbonyl (C=O) groups is 2. The second-order valence-electron chi connectivity index (χ2n) is 4.05. The summed E-state index contributed by atoms with van der Waals surface area (Å²) in [6.45, 7) is 2.88. The molecule has 0 spiro atoms. The van der Waals surface area contributed by atoms with Gasteiger partial charge in [-0.25, -0.2) is 0 Å². The zero-order valence-corrected chi connectivity index (χ0v) is 10.7. The predicted molar refractivity (Wildman–Crippen MR) is 65.1 cm³/mol. The van der Waals surface area contributed by atoms with E-state index in [0.29, 0.717) is 32.8 Å². The first-order chi connectivity index (χ1) is 8.72. The topological polar surface area (TPSA) is 88.7 Å². The van der Waals surface area contributed by atoms with Gasteiger partial charge in [-0.1, -0.05) is 0 Å². The van der Waals surface area contributed by atoms with Crippen LogP contribution in [0.5, 0.6) is 0 Å². The van der Waals surface area contributed by atoms with Gasteiger partial charge >= 0.3 is 0 Å². The third kappa shape index (κ3) is 6.53. The van der Waals surface area contributed by atoms with Crippen LogP contribution in [0.4, 0.5) is 0 Å². The number of rotatable bonds is 7. The van der Waals surface area contributed by atoms with Crippen molar-refractivity contribution in [1.29, 1.82) is 0 Å². The summed E-state index contributed by atoms with van der Waals surface area (Å²) in [6.07, 6.45) is 0.325. The predicted octanol–water partition coefficient (Wildman–Crippen LogP) is -1.76. The lowest BCUT2D eigenvalue weighted by Gasteiger charge is -2.23. The van der Waals surface area contributed by atoms with Gasteiger partial charge in [0.15, 0.2) is 0 Å². The minimum Gasteiger partial charge on any atom is -0.383 e. The maximum absolute atomic E-state index is 11.5.